The first-order chi connectivity index (χ1) is 11.1. The number of nitrogens with zero attached hydrogens (tertiary/aromatic N) is 2. The third-order valence-electron chi connectivity index (χ3n) is 4.37. The summed E-state index contributed by atoms with van der Waals surface area (Å²) in [5.74, 6) is -1.03. The summed E-state index contributed by atoms with van der Waals surface area (Å²) >= 11 is 1.41. The Balaban J connectivity index is 2.27. The summed E-state index contributed by atoms with van der Waals surface area (Å²) < 4.78 is 5.12. The summed E-state index contributed by atoms with van der Waals surface area (Å²) in [4.78, 5) is 31.5. The number of carboxylic acids is 1. The highest BCUT2D eigenvalue weighted by molar-refractivity contribution is 7.14. The van der Waals surface area contributed by atoms with Crippen molar-refractivity contribution in [3.05, 3.63) is 15.6 Å². The van der Waals surface area contributed by atoms with E-state index >= 15 is 0 Å². The Labute approximate surface area is 146 Å². The molecule has 1 fully saturated rings. The molecule has 6 nitrogen and oxygen atoms in total. The minimum absolute atomic E-state index is 0.112. The third kappa shape index (κ3) is 3.62. The number of methoxy groups -OCH3 is 1. The van der Waals surface area contributed by atoms with Crippen molar-refractivity contribution < 1.29 is 19.4 Å². The highest BCUT2D eigenvalue weighted by Gasteiger charge is 2.44. The number of piperidine rings is 1. The van der Waals surface area contributed by atoms with E-state index in [1.54, 1.807) is 4.90 Å². The lowest BCUT2D eigenvalue weighted by Crippen LogP contribution is -2.52. The van der Waals surface area contributed by atoms with E-state index in [2.05, 4.69) is 25.8 Å². The molecule has 0 bridgehead atoms. The van der Waals surface area contributed by atoms with Crippen molar-refractivity contribution in [2.45, 2.75) is 46.0 Å². The number of rotatable bonds is 4. The van der Waals surface area contributed by atoms with Crippen molar-refractivity contribution in [1.29, 1.82) is 0 Å². The minimum atomic E-state index is -1.02. The summed E-state index contributed by atoms with van der Waals surface area (Å²) in [6, 6.07) is 0. The molecular weight excluding hydrogens is 328 g/mol. The number of carboxylic acid groups (broad SMARTS) is 1. The van der Waals surface area contributed by atoms with Gasteiger partial charge in [0.2, 0.25) is 0 Å². The molecule has 2 heterocycles. The SMILES string of the molecule is COCC1(C(=O)O)CCCN(C(=O)c2sc(C(C)(C)C)nc2C)C1. The first-order valence-corrected chi connectivity index (χ1v) is 8.92. The standard InChI is InChI=1S/C17H26N2O4S/c1-11-12(24-14(18-11)16(2,3)4)13(20)19-8-6-7-17(9-19,10-23-5)15(21)22/h6-10H2,1-5H3,(H,21,22). The first kappa shape index (κ1) is 18.9. The molecule has 1 amide bonds. The molecule has 1 atom stereocenters. The van der Waals surface area contributed by atoms with Crippen LogP contribution in [0.5, 0.6) is 0 Å². The van der Waals surface area contributed by atoms with Crippen LogP contribution >= 0.6 is 11.3 Å². The van der Waals surface area contributed by atoms with Crippen molar-refractivity contribution in [1.82, 2.24) is 9.88 Å². The number of hydrogen-bond acceptors (Lipinski definition) is 5. The van der Waals surface area contributed by atoms with Gasteiger partial charge in [0.1, 0.15) is 10.3 Å². The number of aromatic nitrogens is 1. The summed E-state index contributed by atoms with van der Waals surface area (Å²) in [5, 5.41) is 10.5. The van der Waals surface area contributed by atoms with Gasteiger partial charge in [0, 0.05) is 25.6 Å². The van der Waals surface area contributed by atoms with Crippen molar-refractivity contribution in [3.8, 4) is 0 Å². The van der Waals surface area contributed by atoms with Gasteiger partial charge in [-0.2, -0.15) is 0 Å². The van der Waals surface area contributed by atoms with E-state index in [4.69, 9.17) is 4.74 Å². The molecule has 0 saturated carbocycles. The largest absolute Gasteiger partial charge is 0.481 e. The lowest BCUT2D eigenvalue weighted by atomic mass is 9.80. The molecular formula is C17H26N2O4S. The van der Waals surface area contributed by atoms with Crippen LogP contribution in [-0.2, 0) is 14.9 Å². The maximum atomic E-state index is 12.9. The molecule has 7 heteroatoms. The molecule has 1 aromatic heterocycles. The zero-order valence-electron chi connectivity index (χ0n) is 15.0. The fourth-order valence-corrected chi connectivity index (χ4v) is 4.09. The Morgan fingerprint density at radius 3 is 2.58 bits per heavy atom. The molecule has 0 radical (unpaired) electrons. The summed E-state index contributed by atoms with van der Waals surface area (Å²) in [5.41, 5.74) is -0.418. The van der Waals surface area contributed by atoms with Crippen LogP contribution in [0.15, 0.2) is 0 Å². The summed E-state index contributed by atoms with van der Waals surface area (Å²) in [7, 11) is 1.49. The van der Waals surface area contributed by atoms with E-state index in [-0.39, 0.29) is 24.5 Å². The number of likely N-dealkylation sites (tertiary alicyclic amines) is 1. The summed E-state index contributed by atoms with van der Waals surface area (Å²) in [6.45, 7) is 8.89. The molecule has 134 valence electrons. The highest BCUT2D eigenvalue weighted by atomic mass is 32.1. The van der Waals surface area contributed by atoms with Crippen LogP contribution in [0.3, 0.4) is 0 Å². The van der Waals surface area contributed by atoms with Gasteiger partial charge < -0.3 is 14.7 Å². The van der Waals surface area contributed by atoms with Gasteiger partial charge in [0.05, 0.1) is 17.3 Å². The van der Waals surface area contributed by atoms with Gasteiger partial charge >= 0.3 is 5.97 Å². The minimum Gasteiger partial charge on any atom is -0.481 e. The van der Waals surface area contributed by atoms with Crippen molar-refractivity contribution in [3.63, 3.8) is 0 Å². The van der Waals surface area contributed by atoms with Crippen LogP contribution in [0, 0.1) is 12.3 Å². The quantitative estimate of drug-likeness (QED) is 0.899. The van der Waals surface area contributed by atoms with E-state index in [0.29, 0.717) is 30.0 Å². The second kappa shape index (κ2) is 6.80. The second-order valence-corrected chi connectivity index (χ2v) is 8.53. The van der Waals surface area contributed by atoms with Gasteiger partial charge in [-0.15, -0.1) is 11.3 Å². The van der Waals surface area contributed by atoms with Crippen LogP contribution in [0.2, 0.25) is 0 Å². The van der Waals surface area contributed by atoms with Gasteiger partial charge in [0.15, 0.2) is 0 Å². The fourth-order valence-electron chi connectivity index (χ4n) is 2.99. The van der Waals surface area contributed by atoms with E-state index in [0.717, 1.165) is 5.01 Å². The lowest BCUT2D eigenvalue weighted by molar-refractivity contribution is -0.155. The van der Waals surface area contributed by atoms with Crippen LogP contribution < -0.4 is 0 Å². The molecule has 1 aliphatic heterocycles. The zero-order valence-corrected chi connectivity index (χ0v) is 15.8. The first-order valence-electron chi connectivity index (χ1n) is 8.10. The number of aryl methyl sites for hydroxylation is 1. The smallest absolute Gasteiger partial charge is 0.313 e. The monoisotopic (exact) mass is 354 g/mol. The maximum Gasteiger partial charge on any atom is 0.313 e. The molecule has 1 N–H and O–H groups in total. The molecule has 1 saturated heterocycles. The second-order valence-electron chi connectivity index (χ2n) is 7.53. The Morgan fingerprint density at radius 2 is 2.08 bits per heavy atom. The normalized spacial score (nSPS) is 21.8. The van der Waals surface area contributed by atoms with E-state index < -0.39 is 11.4 Å². The van der Waals surface area contributed by atoms with Crippen molar-refractivity contribution >= 4 is 23.2 Å². The predicted molar refractivity (Wildman–Crippen MR) is 92.6 cm³/mol. The molecule has 1 aliphatic rings. The van der Waals surface area contributed by atoms with Crippen LogP contribution in [0.4, 0.5) is 0 Å². The predicted octanol–water partition coefficient (Wildman–Crippen LogP) is 2.70. The van der Waals surface area contributed by atoms with E-state index in [1.807, 2.05) is 6.92 Å². The van der Waals surface area contributed by atoms with E-state index in [9.17, 15) is 14.7 Å². The number of ether oxygens (including phenoxy) is 1. The lowest BCUT2D eigenvalue weighted by Gasteiger charge is -2.39. The molecule has 0 aromatic carbocycles. The maximum absolute atomic E-state index is 12.9. The number of carbonyl (C=O) groups is 2. The Kier molecular flexibility index (Phi) is 5.34. The number of hydrogen-bond donors (Lipinski definition) is 1. The summed E-state index contributed by atoms with van der Waals surface area (Å²) in [6.07, 6.45) is 1.18. The number of aliphatic carboxylic acids is 1. The highest BCUT2D eigenvalue weighted by Crippen LogP contribution is 2.34. The molecule has 0 spiro atoms. The topological polar surface area (TPSA) is 79.7 Å². The van der Waals surface area contributed by atoms with Gasteiger partial charge in [-0.25, -0.2) is 4.98 Å². The van der Waals surface area contributed by atoms with Gasteiger partial charge in [-0.1, -0.05) is 20.8 Å². The molecule has 2 rings (SSSR count). The molecule has 1 aromatic rings. The van der Waals surface area contributed by atoms with Crippen LogP contribution in [-0.4, -0.2) is 53.7 Å². The Morgan fingerprint density at radius 1 is 1.42 bits per heavy atom. The van der Waals surface area contributed by atoms with Crippen molar-refractivity contribution in [2.75, 3.05) is 26.8 Å². The molecule has 1 unspecified atom stereocenters. The molecule has 0 aliphatic carbocycles. The average Bonchev–Trinajstić information content (AvgIpc) is 2.89. The number of amides is 1. The van der Waals surface area contributed by atoms with Crippen LogP contribution in [0.1, 0.15) is 54.0 Å². The average molecular weight is 354 g/mol. The van der Waals surface area contributed by atoms with E-state index in [1.165, 1.54) is 18.4 Å². The Bertz CT molecular complexity index is 631. The number of thiazole rings is 1. The van der Waals surface area contributed by atoms with Crippen molar-refractivity contribution in [2.24, 2.45) is 5.41 Å². The van der Waals surface area contributed by atoms with Gasteiger partial charge in [0.25, 0.3) is 5.91 Å². The van der Waals surface area contributed by atoms with Gasteiger partial charge in [-0.05, 0) is 19.8 Å². The molecule has 24 heavy (non-hydrogen) atoms. The zero-order chi connectivity index (χ0) is 18.1. The Hall–Kier alpha value is -1.47. The third-order valence-corrected chi connectivity index (χ3v) is 5.94. The fraction of sp³-hybridized carbons (Fsp3) is 0.706. The van der Waals surface area contributed by atoms with Gasteiger partial charge in [-0.3, -0.25) is 9.59 Å². The van der Waals surface area contributed by atoms with Crippen LogP contribution in [0.25, 0.3) is 0 Å². The number of carbonyl (C=O) groups excluding carboxylic acids is 1.